The standard InChI is InChI=1S/C31H43N3O5/c1-3-4-5-6-7-8-9-10-11-12-13-17-29(35)32-24-30(36)34-33-23-25-15-14-16-28(22-25)39-31(37)26-18-20-27(38-2)21-19-26/h14-16,18-23H,3-13,17,24H2,1-2H3,(H,32,35)(H,34,36)/b33-23+. The summed E-state index contributed by atoms with van der Waals surface area (Å²) in [5.74, 6) is -0.0440. The summed E-state index contributed by atoms with van der Waals surface area (Å²) in [5, 5.41) is 6.55. The van der Waals surface area contributed by atoms with Crippen LogP contribution >= 0.6 is 0 Å². The highest BCUT2D eigenvalue weighted by atomic mass is 16.5. The van der Waals surface area contributed by atoms with E-state index in [0.29, 0.717) is 29.0 Å². The smallest absolute Gasteiger partial charge is 0.343 e. The number of rotatable bonds is 19. The van der Waals surface area contributed by atoms with Crippen LogP contribution in [0.25, 0.3) is 0 Å². The van der Waals surface area contributed by atoms with Crippen molar-refractivity contribution in [2.45, 2.75) is 84.0 Å². The molecule has 0 spiro atoms. The number of ether oxygens (including phenoxy) is 2. The van der Waals surface area contributed by atoms with E-state index in [4.69, 9.17) is 9.47 Å². The lowest BCUT2D eigenvalue weighted by atomic mass is 10.1. The van der Waals surface area contributed by atoms with Crippen molar-refractivity contribution in [1.82, 2.24) is 10.7 Å². The van der Waals surface area contributed by atoms with E-state index in [1.807, 2.05) is 0 Å². The minimum Gasteiger partial charge on any atom is -0.497 e. The Labute approximate surface area is 232 Å². The van der Waals surface area contributed by atoms with E-state index in [-0.39, 0.29) is 12.5 Å². The molecular weight excluding hydrogens is 494 g/mol. The fourth-order valence-electron chi connectivity index (χ4n) is 3.99. The number of hydrogen-bond donors (Lipinski definition) is 2. The van der Waals surface area contributed by atoms with Gasteiger partial charge in [-0.1, -0.05) is 83.3 Å². The number of methoxy groups -OCH3 is 1. The van der Waals surface area contributed by atoms with Gasteiger partial charge in [0.2, 0.25) is 5.91 Å². The third kappa shape index (κ3) is 14.2. The van der Waals surface area contributed by atoms with Gasteiger partial charge in [0.15, 0.2) is 0 Å². The Balaban J connectivity index is 1.58. The maximum absolute atomic E-state index is 12.3. The van der Waals surface area contributed by atoms with Gasteiger partial charge in [0, 0.05) is 6.42 Å². The number of unbranched alkanes of at least 4 members (excludes halogenated alkanes) is 10. The zero-order chi connectivity index (χ0) is 28.1. The Morgan fingerprint density at radius 2 is 1.44 bits per heavy atom. The lowest BCUT2D eigenvalue weighted by molar-refractivity contribution is -0.126. The van der Waals surface area contributed by atoms with Gasteiger partial charge in [-0.05, 0) is 48.4 Å². The molecule has 8 heteroatoms. The zero-order valence-electron chi connectivity index (χ0n) is 23.4. The van der Waals surface area contributed by atoms with E-state index in [2.05, 4.69) is 22.8 Å². The molecule has 2 N–H and O–H groups in total. The number of esters is 1. The van der Waals surface area contributed by atoms with E-state index >= 15 is 0 Å². The van der Waals surface area contributed by atoms with Gasteiger partial charge in [-0.15, -0.1) is 0 Å². The van der Waals surface area contributed by atoms with Crippen molar-refractivity contribution in [1.29, 1.82) is 0 Å². The average molecular weight is 538 g/mol. The van der Waals surface area contributed by atoms with Crippen molar-refractivity contribution in [3.63, 3.8) is 0 Å². The summed E-state index contributed by atoms with van der Waals surface area (Å²) in [6.07, 6.45) is 15.4. The SMILES string of the molecule is CCCCCCCCCCCCCC(=O)NCC(=O)N/N=C/c1cccc(OC(=O)c2ccc(OC)cc2)c1. The summed E-state index contributed by atoms with van der Waals surface area (Å²) < 4.78 is 10.5. The van der Waals surface area contributed by atoms with Gasteiger partial charge < -0.3 is 14.8 Å². The minimum atomic E-state index is -0.496. The monoisotopic (exact) mass is 537 g/mol. The molecule has 8 nitrogen and oxygen atoms in total. The molecule has 0 aromatic heterocycles. The first-order valence-electron chi connectivity index (χ1n) is 14.1. The third-order valence-electron chi connectivity index (χ3n) is 6.25. The first kappa shape index (κ1) is 31.5. The molecule has 2 rings (SSSR count). The average Bonchev–Trinajstić information content (AvgIpc) is 2.95. The van der Waals surface area contributed by atoms with Crippen LogP contribution in [0.15, 0.2) is 53.6 Å². The predicted octanol–water partition coefficient (Wildman–Crippen LogP) is 6.18. The topological polar surface area (TPSA) is 106 Å². The molecule has 0 radical (unpaired) electrons. The van der Waals surface area contributed by atoms with Crippen LogP contribution in [-0.4, -0.2) is 37.7 Å². The van der Waals surface area contributed by atoms with E-state index < -0.39 is 11.9 Å². The van der Waals surface area contributed by atoms with Crippen molar-refractivity contribution in [2.75, 3.05) is 13.7 Å². The molecule has 0 atom stereocenters. The number of hydrazone groups is 1. The quantitative estimate of drug-likeness (QED) is 0.0732. The molecule has 0 unspecified atom stereocenters. The molecule has 39 heavy (non-hydrogen) atoms. The van der Waals surface area contributed by atoms with Crippen LogP contribution in [0.1, 0.15) is 99.9 Å². The third-order valence-corrected chi connectivity index (χ3v) is 6.25. The Bertz CT molecular complexity index is 1040. The highest BCUT2D eigenvalue weighted by Crippen LogP contribution is 2.17. The maximum Gasteiger partial charge on any atom is 0.343 e. The number of nitrogens with zero attached hydrogens (tertiary/aromatic N) is 1. The van der Waals surface area contributed by atoms with Crippen molar-refractivity contribution in [3.8, 4) is 11.5 Å². The van der Waals surface area contributed by atoms with Gasteiger partial charge in [0.1, 0.15) is 11.5 Å². The van der Waals surface area contributed by atoms with Crippen LogP contribution in [0.2, 0.25) is 0 Å². The summed E-state index contributed by atoms with van der Waals surface area (Å²) >= 11 is 0. The Hall–Kier alpha value is -3.68. The molecule has 0 aliphatic heterocycles. The van der Waals surface area contributed by atoms with Gasteiger partial charge >= 0.3 is 5.97 Å². The Morgan fingerprint density at radius 1 is 0.795 bits per heavy atom. The summed E-state index contributed by atoms with van der Waals surface area (Å²) in [4.78, 5) is 36.3. The second kappa shape index (κ2) is 19.4. The molecule has 0 heterocycles. The second-order valence-electron chi connectivity index (χ2n) is 9.55. The van der Waals surface area contributed by atoms with Crippen LogP contribution < -0.4 is 20.2 Å². The summed E-state index contributed by atoms with van der Waals surface area (Å²) in [5.41, 5.74) is 3.42. The number of benzene rings is 2. The van der Waals surface area contributed by atoms with Gasteiger partial charge in [-0.2, -0.15) is 5.10 Å². The Morgan fingerprint density at radius 3 is 2.08 bits per heavy atom. The molecule has 0 bridgehead atoms. The van der Waals surface area contributed by atoms with E-state index in [0.717, 1.165) is 19.3 Å². The molecule has 0 aliphatic carbocycles. The van der Waals surface area contributed by atoms with Crippen molar-refractivity contribution in [3.05, 3.63) is 59.7 Å². The fourth-order valence-corrected chi connectivity index (χ4v) is 3.99. The highest BCUT2D eigenvalue weighted by Gasteiger charge is 2.09. The summed E-state index contributed by atoms with van der Waals surface area (Å²) in [6.45, 7) is 2.11. The first-order valence-corrected chi connectivity index (χ1v) is 14.1. The van der Waals surface area contributed by atoms with Crippen LogP contribution in [0.4, 0.5) is 0 Å². The number of carbonyl (C=O) groups is 3. The van der Waals surface area contributed by atoms with E-state index in [1.165, 1.54) is 57.6 Å². The molecule has 2 amide bonds. The summed E-state index contributed by atoms with van der Waals surface area (Å²) in [6, 6.07) is 13.4. The maximum atomic E-state index is 12.3. The van der Waals surface area contributed by atoms with Gasteiger partial charge in [-0.3, -0.25) is 9.59 Å². The molecule has 2 aromatic carbocycles. The van der Waals surface area contributed by atoms with Crippen LogP contribution in [0, 0.1) is 0 Å². The zero-order valence-corrected chi connectivity index (χ0v) is 23.4. The summed E-state index contributed by atoms with van der Waals surface area (Å²) in [7, 11) is 1.55. The number of hydrogen-bond acceptors (Lipinski definition) is 6. The Kier molecular flexibility index (Phi) is 15.7. The van der Waals surface area contributed by atoms with Crippen molar-refractivity contribution < 1.29 is 23.9 Å². The molecule has 2 aromatic rings. The number of nitrogens with one attached hydrogen (secondary N) is 2. The van der Waals surface area contributed by atoms with Crippen molar-refractivity contribution >= 4 is 24.0 Å². The molecule has 0 fully saturated rings. The van der Waals surface area contributed by atoms with E-state index in [9.17, 15) is 14.4 Å². The van der Waals surface area contributed by atoms with Gasteiger partial charge in [0.25, 0.3) is 5.91 Å². The number of carbonyl (C=O) groups excluding carboxylic acids is 3. The van der Waals surface area contributed by atoms with Crippen molar-refractivity contribution in [2.24, 2.45) is 5.10 Å². The van der Waals surface area contributed by atoms with Crippen LogP contribution in [0.5, 0.6) is 11.5 Å². The molecule has 0 saturated carbocycles. The lowest BCUT2D eigenvalue weighted by Gasteiger charge is -2.06. The molecular formula is C31H43N3O5. The van der Waals surface area contributed by atoms with Gasteiger partial charge in [0.05, 0.1) is 25.4 Å². The van der Waals surface area contributed by atoms with Gasteiger partial charge in [-0.25, -0.2) is 10.2 Å². The minimum absolute atomic E-state index is 0.128. The highest BCUT2D eigenvalue weighted by molar-refractivity contribution is 5.91. The number of amides is 2. The molecule has 0 aliphatic rings. The van der Waals surface area contributed by atoms with Crippen LogP contribution in [-0.2, 0) is 9.59 Å². The first-order chi connectivity index (χ1) is 19.0. The molecule has 0 saturated heterocycles. The normalized spacial score (nSPS) is 10.8. The van der Waals surface area contributed by atoms with Crippen LogP contribution in [0.3, 0.4) is 0 Å². The molecule has 212 valence electrons. The predicted molar refractivity (Wildman–Crippen MR) is 154 cm³/mol. The fraction of sp³-hybridized carbons (Fsp3) is 0.484. The largest absolute Gasteiger partial charge is 0.497 e. The van der Waals surface area contributed by atoms with E-state index in [1.54, 1.807) is 55.6 Å². The second-order valence-corrected chi connectivity index (χ2v) is 9.55. The lowest BCUT2D eigenvalue weighted by Crippen LogP contribution is -2.34.